The number of nitrogens with zero attached hydrogens (tertiary/aromatic N) is 2. The molecule has 8 heteroatoms. The molecule has 0 radical (unpaired) electrons. The lowest BCUT2D eigenvalue weighted by atomic mass is 10.2. The molecule has 0 amide bonds. The Bertz CT molecular complexity index is 718. The van der Waals surface area contributed by atoms with Crippen LogP contribution in [0.3, 0.4) is 0 Å². The summed E-state index contributed by atoms with van der Waals surface area (Å²) >= 11 is 1.31. The molecule has 0 unspecified atom stereocenters. The normalized spacial score (nSPS) is 20.4. The second-order valence-electron chi connectivity index (χ2n) is 5.12. The number of thioether (sulfide) groups is 1. The van der Waals surface area contributed by atoms with Gasteiger partial charge in [0.05, 0.1) is 19.8 Å². The lowest BCUT2D eigenvalue weighted by Crippen LogP contribution is -2.09. The highest BCUT2D eigenvalue weighted by Crippen LogP contribution is 2.34. The fourth-order valence-electron chi connectivity index (χ4n) is 2.36. The van der Waals surface area contributed by atoms with Gasteiger partial charge in [-0.2, -0.15) is 0 Å². The first-order valence-corrected chi connectivity index (χ1v) is 8.00. The van der Waals surface area contributed by atoms with Crippen molar-refractivity contribution in [1.82, 2.24) is 15.2 Å². The molecule has 2 heterocycles. The zero-order valence-electron chi connectivity index (χ0n) is 13.0. The van der Waals surface area contributed by atoms with Gasteiger partial charge in [0.2, 0.25) is 5.16 Å². The Balaban J connectivity index is 1.80. The number of aromatic nitrogens is 3. The molecule has 1 aromatic heterocycles. The smallest absolute Gasteiger partial charge is 0.319 e. The predicted octanol–water partition coefficient (Wildman–Crippen LogP) is 2.29. The molecular weight excluding hydrogens is 318 g/mol. The lowest BCUT2D eigenvalue weighted by Gasteiger charge is -2.07. The molecular formula is C15H17N3O4S. The number of benzene rings is 1. The van der Waals surface area contributed by atoms with Crippen molar-refractivity contribution in [1.29, 1.82) is 0 Å². The van der Waals surface area contributed by atoms with E-state index in [4.69, 9.17) is 14.2 Å². The van der Waals surface area contributed by atoms with Crippen LogP contribution in [0.2, 0.25) is 0 Å². The molecule has 2 atom stereocenters. The Hall–Kier alpha value is -2.22. The predicted molar refractivity (Wildman–Crippen MR) is 84.7 cm³/mol. The number of hydrogen-bond donors (Lipinski definition) is 1. The van der Waals surface area contributed by atoms with Crippen LogP contribution in [0.15, 0.2) is 23.4 Å². The summed E-state index contributed by atoms with van der Waals surface area (Å²) in [4.78, 5) is 16.1. The van der Waals surface area contributed by atoms with Gasteiger partial charge >= 0.3 is 5.97 Å². The highest BCUT2D eigenvalue weighted by Gasteiger charge is 2.33. The van der Waals surface area contributed by atoms with Gasteiger partial charge in [-0.25, -0.2) is 4.98 Å². The molecule has 1 N–H and O–H groups in total. The van der Waals surface area contributed by atoms with Crippen LogP contribution in [-0.2, 0) is 9.53 Å². The number of aromatic amines is 1. The number of esters is 1. The minimum absolute atomic E-state index is 0.0555. The van der Waals surface area contributed by atoms with Crippen molar-refractivity contribution >= 4 is 17.7 Å². The van der Waals surface area contributed by atoms with E-state index in [0.717, 1.165) is 5.56 Å². The van der Waals surface area contributed by atoms with Crippen LogP contribution in [0, 0.1) is 0 Å². The van der Waals surface area contributed by atoms with Gasteiger partial charge in [0.25, 0.3) is 0 Å². The summed E-state index contributed by atoms with van der Waals surface area (Å²) in [5.41, 5.74) is 0.773. The van der Waals surface area contributed by atoms with E-state index in [1.54, 1.807) is 20.3 Å². The maximum Gasteiger partial charge on any atom is 0.319 e. The van der Waals surface area contributed by atoms with E-state index in [0.29, 0.717) is 28.9 Å². The second-order valence-corrected chi connectivity index (χ2v) is 6.29. The third-order valence-electron chi connectivity index (χ3n) is 3.50. The summed E-state index contributed by atoms with van der Waals surface area (Å²) in [5, 5.41) is 7.30. The molecule has 0 aliphatic carbocycles. The third-order valence-corrected chi connectivity index (χ3v) is 4.57. The highest BCUT2D eigenvalue weighted by atomic mass is 32.2. The number of carbonyl (C=O) groups is 1. The lowest BCUT2D eigenvalue weighted by molar-refractivity contribution is -0.140. The zero-order valence-corrected chi connectivity index (χ0v) is 13.8. The van der Waals surface area contributed by atoms with E-state index in [-0.39, 0.29) is 17.3 Å². The number of nitrogens with one attached hydrogen (secondary N) is 1. The monoisotopic (exact) mass is 335 g/mol. The van der Waals surface area contributed by atoms with Crippen LogP contribution in [0.25, 0.3) is 11.4 Å². The van der Waals surface area contributed by atoms with Gasteiger partial charge in [0.15, 0.2) is 5.82 Å². The van der Waals surface area contributed by atoms with Crippen molar-refractivity contribution in [3.63, 3.8) is 0 Å². The summed E-state index contributed by atoms with van der Waals surface area (Å²) in [6.07, 6.45) is 0.610. The maximum atomic E-state index is 11.7. The Morgan fingerprint density at radius 1 is 1.35 bits per heavy atom. The molecule has 1 fully saturated rings. The van der Waals surface area contributed by atoms with Crippen LogP contribution in [-0.4, -0.2) is 46.7 Å². The molecule has 122 valence electrons. The molecule has 2 aromatic rings. The molecule has 0 spiro atoms. The second kappa shape index (κ2) is 6.49. The standard InChI is InChI=1S/C15H17N3O4S/c1-8-6-12(14(19)22-8)23-15-16-13(17-18-15)10-5-4-9(20-2)7-11(10)21-3/h4-5,7-8,12H,6H2,1-3H3,(H,16,17,18)/t8-,12-/m1/s1. The molecule has 1 saturated heterocycles. The van der Waals surface area contributed by atoms with E-state index in [1.807, 2.05) is 19.1 Å². The van der Waals surface area contributed by atoms with Gasteiger partial charge < -0.3 is 14.2 Å². The Morgan fingerprint density at radius 3 is 2.83 bits per heavy atom. The molecule has 0 bridgehead atoms. The molecule has 3 rings (SSSR count). The quantitative estimate of drug-likeness (QED) is 0.839. The average Bonchev–Trinajstić information content (AvgIpc) is 3.13. The number of hydrogen-bond acceptors (Lipinski definition) is 7. The number of rotatable bonds is 5. The van der Waals surface area contributed by atoms with Crippen LogP contribution in [0.5, 0.6) is 11.5 Å². The SMILES string of the molecule is COc1ccc(-c2nc(S[C@@H]3C[C@@H](C)OC3=O)n[nH]2)c(OC)c1. The summed E-state index contributed by atoms with van der Waals surface area (Å²) in [5.74, 6) is 1.69. The minimum Gasteiger partial charge on any atom is -0.497 e. The van der Waals surface area contributed by atoms with Gasteiger partial charge in [0.1, 0.15) is 22.9 Å². The number of H-pyrrole nitrogens is 1. The Morgan fingerprint density at radius 2 is 2.17 bits per heavy atom. The van der Waals surface area contributed by atoms with Crippen molar-refractivity contribution in [3.05, 3.63) is 18.2 Å². The first kappa shape index (κ1) is 15.7. The van der Waals surface area contributed by atoms with Crippen molar-refractivity contribution in [3.8, 4) is 22.9 Å². The van der Waals surface area contributed by atoms with E-state index in [9.17, 15) is 4.79 Å². The molecule has 7 nitrogen and oxygen atoms in total. The molecule has 1 aromatic carbocycles. The van der Waals surface area contributed by atoms with Gasteiger partial charge in [-0.05, 0) is 19.1 Å². The largest absolute Gasteiger partial charge is 0.497 e. The van der Waals surface area contributed by atoms with E-state index in [1.165, 1.54) is 11.8 Å². The maximum absolute atomic E-state index is 11.7. The minimum atomic E-state index is -0.258. The van der Waals surface area contributed by atoms with Crippen LogP contribution in [0.1, 0.15) is 13.3 Å². The first-order chi connectivity index (χ1) is 11.1. The van der Waals surface area contributed by atoms with Crippen molar-refractivity contribution < 1.29 is 19.0 Å². The average molecular weight is 335 g/mol. The van der Waals surface area contributed by atoms with E-state index in [2.05, 4.69) is 15.2 Å². The zero-order chi connectivity index (χ0) is 16.4. The van der Waals surface area contributed by atoms with Gasteiger partial charge in [0, 0.05) is 12.5 Å². The molecule has 23 heavy (non-hydrogen) atoms. The van der Waals surface area contributed by atoms with Crippen molar-refractivity contribution in [2.24, 2.45) is 0 Å². The number of carbonyl (C=O) groups excluding carboxylic acids is 1. The molecule has 1 aliphatic rings. The first-order valence-electron chi connectivity index (χ1n) is 7.12. The van der Waals surface area contributed by atoms with E-state index >= 15 is 0 Å². The Kier molecular flexibility index (Phi) is 4.42. The fourth-order valence-corrected chi connectivity index (χ4v) is 3.37. The molecule has 0 saturated carbocycles. The van der Waals surface area contributed by atoms with Gasteiger partial charge in [-0.1, -0.05) is 11.8 Å². The molecule has 1 aliphatic heterocycles. The highest BCUT2D eigenvalue weighted by molar-refractivity contribution is 8.00. The summed E-state index contributed by atoms with van der Waals surface area (Å²) < 4.78 is 15.7. The topological polar surface area (TPSA) is 86.3 Å². The summed E-state index contributed by atoms with van der Waals surface area (Å²) in [6.45, 7) is 1.88. The van der Waals surface area contributed by atoms with Crippen molar-refractivity contribution in [2.45, 2.75) is 29.9 Å². The van der Waals surface area contributed by atoms with Crippen LogP contribution < -0.4 is 9.47 Å². The van der Waals surface area contributed by atoms with Crippen molar-refractivity contribution in [2.75, 3.05) is 14.2 Å². The summed E-state index contributed by atoms with van der Waals surface area (Å²) in [7, 11) is 3.18. The fraction of sp³-hybridized carbons (Fsp3) is 0.400. The number of ether oxygens (including phenoxy) is 3. The Labute approximate surface area is 137 Å². The van der Waals surface area contributed by atoms with Gasteiger partial charge in [-0.3, -0.25) is 9.89 Å². The third kappa shape index (κ3) is 3.26. The van der Waals surface area contributed by atoms with Crippen LogP contribution >= 0.6 is 11.8 Å². The van der Waals surface area contributed by atoms with E-state index < -0.39 is 0 Å². The summed E-state index contributed by atoms with van der Waals surface area (Å²) in [6, 6.07) is 5.45. The van der Waals surface area contributed by atoms with Crippen LogP contribution in [0.4, 0.5) is 0 Å². The number of methoxy groups -OCH3 is 2. The van der Waals surface area contributed by atoms with Gasteiger partial charge in [-0.15, -0.1) is 5.10 Å². The number of cyclic esters (lactones) is 1.